The van der Waals surface area contributed by atoms with E-state index in [1.807, 2.05) is 0 Å². The van der Waals surface area contributed by atoms with Crippen molar-refractivity contribution in [1.29, 1.82) is 0 Å². The molecule has 1 rings (SSSR count). The van der Waals surface area contributed by atoms with E-state index in [-0.39, 0.29) is 5.91 Å². The fraction of sp³-hybridized carbons (Fsp3) is 0.800. The maximum atomic E-state index is 12.1. The number of methoxy groups -OCH3 is 1. The number of rotatable bonds is 2. The summed E-state index contributed by atoms with van der Waals surface area (Å²) in [6.45, 7) is 6.62. The van der Waals surface area contributed by atoms with Crippen LogP contribution in [0.1, 0.15) is 27.2 Å². The van der Waals surface area contributed by atoms with Crippen molar-refractivity contribution in [2.75, 3.05) is 7.11 Å². The predicted octanol–water partition coefficient (Wildman–Crippen LogP) is 0.287. The number of ether oxygens (including phenoxy) is 1. The van der Waals surface area contributed by atoms with Gasteiger partial charge in [-0.25, -0.2) is 4.79 Å². The van der Waals surface area contributed by atoms with Crippen LogP contribution in [0.5, 0.6) is 0 Å². The highest BCUT2D eigenvalue weighted by molar-refractivity contribution is 6.50. The van der Waals surface area contributed by atoms with E-state index in [2.05, 4.69) is 0 Å². The van der Waals surface area contributed by atoms with Crippen molar-refractivity contribution < 1.29 is 19.3 Å². The third kappa shape index (κ3) is 1.71. The number of hydrogen-bond donors (Lipinski definition) is 1. The van der Waals surface area contributed by atoms with Gasteiger partial charge >= 0.3 is 13.0 Å². The molecule has 1 atom stereocenters. The van der Waals surface area contributed by atoms with Crippen LogP contribution in [-0.2, 0) is 14.3 Å². The Morgan fingerprint density at radius 1 is 1.50 bits per heavy atom. The monoisotopic (exact) mass is 227 g/mol. The summed E-state index contributed by atoms with van der Waals surface area (Å²) in [5.41, 5.74) is -1.73. The van der Waals surface area contributed by atoms with E-state index in [9.17, 15) is 14.6 Å². The number of amides is 1. The molecule has 0 unspecified atom stereocenters. The molecular formula is C10H18BNO4. The van der Waals surface area contributed by atoms with Gasteiger partial charge in [0.2, 0.25) is 5.91 Å². The highest BCUT2D eigenvalue weighted by atomic mass is 16.5. The second kappa shape index (κ2) is 3.77. The third-order valence-electron chi connectivity index (χ3n) is 3.11. The summed E-state index contributed by atoms with van der Waals surface area (Å²) in [6.07, 6.45) is 0.344. The molecule has 5 nitrogen and oxygen atoms in total. The summed E-state index contributed by atoms with van der Waals surface area (Å²) >= 11 is 0. The first-order valence-electron chi connectivity index (χ1n) is 5.27. The summed E-state index contributed by atoms with van der Waals surface area (Å²) in [4.78, 5) is 25.0. The van der Waals surface area contributed by atoms with Crippen LogP contribution in [0.3, 0.4) is 0 Å². The minimum absolute atomic E-state index is 0.226. The molecule has 6 heteroatoms. The van der Waals surface area contributed by atoms with Crippen LogP contribution < -0.4 is 0 Å². The lowest BCUT2D eigenvalue weighted by Gasteiger charge is -2.33. The standard InChI is InChI=1S/C10H18BNO4/c1-9(2)6-10(3,8(14)16-5)12(7(9)13)11(4)15/h15H,6H2,1-5H3/t10-/m0/s1. The number of esters is 1. The molecule has 0 bridgehead atoms. The largest absolute Gasteiger partial charge is 0.467 e. The van der Waals surface area contributed by atoms with Gasteiger partial charge in [-0.1, -0.05) is 13.8 Å². The first-order valence-corrected chi connectivity index (χ1v) is 5.27. The number of nitrogens with zero attached hydrogens (tertiary/aromatic N) is 1. The molecule has 1 saturated heterocycles. The summed E-state index contributed by atoms with van der Waals surface area (Å²) in [7, 11) is 0.280. The minimum Gasteiger partial charge on any atom is -0.467 e. The molecular weight excluding hydrogens is 209 g/mol. The molecule has 90 valence electrons. The average molecular weight is 227 g/mol. The molecule has 0 spiro atoms. The quantitative estimate of drug-likeness (QED) is 0.543. The van der Waals surface area contributed by atoms with E-state index in [1.54, 1.807) is 20.8 Å². The molecule has 0 aromatic rings. The first-order chi connectivity index (χ1) is 7.16. The second-order valence-corrected chi connectivity index (χ2v) is 5.13. The lowest BCUT2D eigenvalue weighted by molar-refractivity contribution is -0.153. The van der Waals surface area contributed by atoms with Crippen LogP contribution in [-0.4, -0.2) is 41.4 Å². The SMILES string of the molecule is COC(=O)[C@]1(C)CC(C)(C)C(=O)N1B(C)O. The maximum absolute atomic E-state index is 12.1. The van der Waals surface area contributed by atoms with Gasteiger partial charge < -0.3 is 14.6 Å². The van der Waals surface area contributed by atoms with Crippen molar-refractivity contribution in [2.45, 2.75) is 39.6 Å². The number of hydrogen-bond acceptors (Lipinski definition) is 4. The Hall–Kier alpha value is -1.04. The summed E-state index contributed by atoms with van der Waals surface area (Å²) < 4.78 is 4.72. The van der Waals surface area contributed by atoms with Gasteiger partial charge in [0, 0.05) is 5.41 Å². The Balaban J connectivity index is 3.19. The van der Waals surface area contributed by atoms with Gasteiger partial charge in [-0.3, -0.25) is 4.79 Å². The fourth-order valence-corrected chi connectivity index (χ4v) is 2.54. The van der Waals surface area contributed by atoms with Crippen LogP contribution >= 0.6 is 0 Å². The zero-order valence-corrected chi connectivity index (χ0v) is 10.4. The van der Waals surface area contributed by atoms with Gasteiger partial charge in [0.25, 0.3) is 0 Å². The number of carbonyl (C=O) groups excluding carboxylic acids is 2. The Labute approximate surface area is 95.9 Å². The molecule has 1 heterocycles. The van der Waals surface area contributed by atoms with Crippen LogP contribution in [0.4, 0.5) is 0 Å². The molecule has 0 aliphatic carbocycles. The van der Waals surface area contributed by atoms with E-state index >= 15 is 0 Å². The normalized spacial score (nSPS) is 28.1. The van der Waals surface area contributed by atoms with E-state index in [1.165, 1.54) is 18.7 Å². The van der Waals surface area contributed by atoms with Crippen molar-refractivity contribution >= 4 is 18.9 Å². The van der Waals surface area contributed by atoms with Gasteiger partial charge in [0.15, 0.2) is 0 Å². The van der Waals surface area contributed by atoms with Gasteiger partial charge in [0.05, 0.1) is 7.11 Å². The second-order valence-electron chi connectivity index (χ2n) is 5.13. The number of carbonyl (C=O) groups is 2. The van der Waals surface area contributed by atoms with Crippen LogP contribution in [0.2, 0.25) is 6.82 Å². The van der Waals surface area contributed by atoms with Crippen LogP contribution in [0.25, 0.3) is 0 Å². The van der Waals surface area contributed by atoms with Crippen molar-refractivity contribution in [3.63, 3.8) is 0 Å². The molecule has 16 heavy (non-hydrogen) atoms. The van der Waals surface area contributed by atoms with Gasteiger partial charge in [0.1, 0.15) is 5.54 Å². The Kier molecular flexibility index (Phi) is 3.07. The highest BCUT2D eigenvalue weighted by Crippen LogP contribution is 2.43. The molecule has 1 aliphatic heterocycles. The van der Waals surface area contributed by atoms with E-state index in [0.29, 0.717) is 6.42 Å². The molecule has 1 fully saturated rings. The maximum Gasteiger partial charge on any atom is 0.412 e. The zero-order chi connectivity index (χ0) is 12.7. The molecule has 0 radical (unpaired) electrons. The van der Waals surface area contributed by atoms with Gasteiger partial charge in [-0.15, -0.1) is 0 Å². The van der Waals surface area contributed by atoms with E-state index < -0.39 is 24.0 Å². The Morgan fingerprint density at radius 3 is 2.38 bits per heavy atom. The highest BCUT2D eigenvalue weighted by Gasteiger charge is 2.58. The van der Waals surface area contributed by atoms with E-state index in [0.717, 1.165) is 0 Å². The first kappa shape index (κ1) is 13.0. The van der Waals surface area contributed by atoms with Crippen LogP contribution in [0.15, 0.2) is 0 Å². The summed E-state index contributed by atoms with van der Waals surface area (Å²) in [6, 6.07) is 0. The molecule has 1 amide bonds. The predicted molar refractivity (Wildman–Crippen MR) is 59.5 cm³/mol. The third-order valence-corrected chi connectivity index (χ3v) is 3.11. The topological polar surface area (TPSA) is 66.8 Å². The van der Waals surface area contributed by atoms with Crippen molar-refractivity contribution in [2.24, 2.45) is 5.41 Å². The molecule has 1 N–H and O–H groups in total. The lowest BCUT2D eigenvalue weighted by atomic mass is 9.79. The molecule has 0 aromatic heterocycles. The summed E-state index contributed by atoms with van der Waals surface area (Å²) in [5.74, 6) is -0.720. The Bertz CT molecular complexity index is 329. The van der Waals surface area contributed by atoms with Crippen molar-refractivity contribution in [3.05, 3.63) is 0 Å². The van der Waals surface area contributed by atoms with Crippen molar-refractivity contribution in [1.82, 2.24) is 4.81 Å². The minimum atomic E-state index is -1.08. The van der Waals surface area contributed by atoms with Crippen molar-refractivity contribution in [3.8, 4) is 0 Å². The lowest BCUT2D eigenvalue weighted by Crippen LogP contribution is -2.56. The fourth-order valence-electron chi connectivity index (χ4n) is 2.54. The Morgan fingerprint density at radius 2 is 2.00 bits per heavy atom. The zero-order valence-electron chi connectivity index (χ0n) is 10.4. The average Bonchev–Trinajstić information content (AvgIpc) is 2.32. The van der Waals surface area contributed by atoms with Gasteiger partial charge in [-0.2, -0.15) is 0 Å². The van der Waals surface area contributed by atoms with Gasteiger partial charge in [-0.05, 0) is 20.2 Å². The molecule has 0 saturated carbocycles. The molecule has 1 aliphatic rings. The molecule has 0 aromatic carbocycles. The smallest absolute Gasteiger partial charge is 0.412 e. The van der Waals surface area contributed by atoms with E-state index in [4.69, 9.17) is 4.74 Å². The summed E-state index contributed by atoms with van der Waals surface area (Å²) in [5, 5.41) is 9.63. The van der Waals surface area contributed by atoms with Crippen LogP contribution in [0, 0.1) is 5.41 Å².